The second-order valence-electron chi connectivity index (χ2n) is 19.7. The Balaban J connectivity index is 5.53. The molecule has 0 aromatic rings. The highest BCUT2D eigenvalue weighted by atomic mass is 31.2. The molecule has 1 N–H and O–H groups in total. The van der Waals surface area contributed by atoms with E-state index in [9.17, 15) is 19.0 Å². The zero-order valence-corrected chi connectivity index (χ0v) is 47.0. The van der Waals surface area contributed by atoms with Crippen molar-refractivity contribution in [3.8, 4) is 0 Å². The van der Waals surface area contributed by atoms with Gasteiger partial charge in [0.2, 0.25) is 5.91 Å². The number of ether oxygens (including phenoxy) is 1. The van der Waals surface area contributed by atoms with Crippen LogP contribution in [0.3, 0.4) is 0 Å². The van der Waals surface area contributed by atoms with Crippen LogP contribution in [0.25, 0.3) is 0 Å². The molecule has 0 fully saturated rings. The number of unbranched alkanes of at least 4 members (excludes halogenated alkanes) is 17. The number of carbonyl (C=O) groups is 2. The number of nitrogens with zero attached hydrogens (tertiary/aromatic N) is 1. The maximum Gasteiger partial charge on any atom is 0.306 e. The normalized spacial score (nSPS) is 14.6. The van der Waals surface area contributed by atoms with Crippen LogP contribution in [0, 0.1) is 0 Å². The summed E-state index contributed by atoms with van der Waals surface area (Å²) in [5, 5.41) is 2.98. The maximum absolute atomic E-state index is 13.5. The molecule has 0 spiro atoms. The van der Waals surface area contributed by atoms with E-state index in [1.807, 2.05) is 27.2 Å². The number of phosphoric acid groups is 1. The van der Waals surface area contributed by atoms with E-state index in [2.05, 4.69) is 123 Å². The van der Waals surface area contributed by atoms with Crippen molar-refractivity contribution in [2.45, 2.75) is 226 Å². The fourth-order valence-corrected chi connectivity index (χ4v) is 8.05. The number of esters is 1. The minimum Gasteiger partial charge on any atom is -0.756 e. The Morgan fingerprint density at radius 1 is 0.507 bits per heavy atom. The summed E-state index contributed by atoms with van der Waals surface area (Å²) in [4.78, 5) is 39.8. The van der Waals surface area contributed by atoms with Crippen LogP contribution < -0.4 is 10.2 Å². The van der Waals surface area contributed by atoms with Gasteiger partial charge in [0.15, 0.2) is 0 Å². The third-order valence-corrected chi connectivity index (χ3v) is 12.7. The number of hydrogen-bond acceptors (Lipinski definition) is 7. The molecule has 0 radical (unpaired) electrons. The summed E-state index contributed by atoms with van der Waals surface area (Å²) in [6.07, 6.45) is 67.8. The molecule has 1 amide bonds. The molecular formula is C61H105N2O7P. The van der Waals surface area contributed by atoms with Gasteiger partial charge in [-0.05, 0) is 109 Å². The van der Waals surface area contributed by atoms with Crippen LogP contribution in [0.1, 0.15) is 213 Å². The summed E-state index contributed by atoms with van der Waals surface area (Å²) in [6, 6.07) is -0.933. The Kier molecular flexibility index (Phi) is 47.9. The molecule has 71 heavy (non-hydrogen) atoms. The topological polar surface area (TPSA) is 114 Å². The lowest BCUT2D eigenvalue weighted by molar-refractivity contribution is -0.870. The van der Waals surface area contributed by atoms with Crippen LogP contribution >= 0.6 is 7.82 Å². The second kappa shape index (κ2) is 50.2. The van der Waals surface area contributed by atoms with Crippen LogP contribution in [-0.2, 0) is 27.9 Å². The average Bonchev–Trinajstić information content (AvgIpc) is 3.33. The third kappa shape index (κ3) is 51.4. The first-order chi connectivity index (χ1) is 34.4. The monoisotopic (exact) mass is 1010 g/mol. The molecule has 406 valence electrons. The molecule has 0 saturated carbocycles. The largest absolute Gasteiger partial charge is 0.756 e. The van der Waals surface area contributed by atoms with Gasteiger partial charge in [-0.2, -0.15) is 0 Å². The van der Waals surface area contributed by atoms with E-state index in [4.69, 9.17) is 13.8 Å². The zero-order valence-electron chi connectivity index (χ0n) is 46.1. The van der Waals surface area contributed by atoms with Crippen molar-refractivity contribution in [3.63, 3.8) is 0 Å². The highest BCUT2D eigenvalue weighted by molar-refractivity contribution is 7.45. The van der Waals surface area contributed by atoms with E-state index in [0.717, 1.165) is 89.9 Å². The van der Waals surface area contributed by atoms with Gasteiger partial charge in [0, 0.05) is 12.8 Å². The van der Waals surface area contributed by atoms with Gasteiger partial charge in [0.1, 0.15) is 19.3 Å². The SMILES string of the molecule is CC/C=C/C/C=C/C/C=C/C/C=C/CCCCCC(=O)NC(COP(=O)([O-])OCC[N+](C)(C)C)C(/C=C/CCCCCCCCCCCC)OC(=O)CCC/C=C\C/C=C\C/C=C\C/C=C\CCCCC. The summed E-state index contributed by atoms with van der Waals surface area (Å²) in [6.45, 7) is 6.61. The van der Waals surface area contributed by atoms with Crippen LogP contribution in [0.4, 0.5) is 0 Å². The summed E-state index contributed by atoms with van der Waals surface area (Å²) in [5.74, 6) is -0.653. The second-order valence-corrected chi connectivity index (χ2v) is 21.1. The van der Waals surface area contributed by atoms with Gasteiger partial charge in [-0.15, -0.1) is 0 Å². The number of quaternary nitrogens is 1. The molecule has 0 aromatic heterocycles. The highest BCUT2D eigenvalue weighted by Gasteiger charge is 2.27. The molecule has 0 aliphatic rings. The van der Waals surface area contributed by atoms with Crippen LogP contribution in [-0.4, -0.2) is 69.4 Å². The summed E-state index contributed by atoms with van der Waals surface area (Å²) in [7, 11) is 1.12. The van der Waals surface area contributed by atoms with E-state index in [1.54, 1.807) is 6.08 Å². The van der Waals surface area contributed by atoms with Crippen molar-refractivity contribution < 1.29 is 37.3 Å². The van der Waals surface area contributed by atoms with Gasteiger partial charge < -0.3 is 28.5 Å². The lowest BCUT2D eigenvalue weighted by Gasteiger charge is -2.30. The third-order valence-electron chi connectivity index (χ3n) is 11.7. The Labute approximate surface area is 436 Å². The number of rotatable bonds is 49. The van der Waals surface area contributed by atoms with Crippen molar-refractivity contribution in [2.24, 2.45) is 0 Å². The first-order valence-electron chi connectivity index (χ1n) is 28.2. The fourth-order valence-electron chi connectivity index (χ4n) is 7.33. The molecule has 0 bridgehead atoms. The van der Waals surface area contributed by atoms with Gasteiger partial charge in [-0.3, -0.25) is 14.2 Å². The Morgan fingerprint density at radius 3 is 1.41 bits per heavy atom. The molecule has 0 aliphatic carbocycles. The molecule has 0 rings (SSSR count). The number of nitrogens with one attached hydrogen (secondary N) is 1. The van der Waals surface area contributed by atoms with Gasteiger partial charge in [-0.1, -0.05) is 201 Å². The molecule has 0 heterocycles. The Morgan fingerprint density at radius 2 is 0.915 bits per heavy atom. The van der Waals surface area contributed by atoms with Crippen molar-refractivity contribution in [3.05, 3.63) is 109 Å². The Bertz CT molecular complexity index is 1580. The number of allylic oxidation sites excluding steroid dienone is 17. The lowest BCUT2D eigenvalue weighted by atomic mass is 10.1. The van der Waals surface area contributed by atoms with E-state index in [1.165, 1.54) is 77.0 Å². The first kappa shape index (κ1) is 67.7. The molecule has 3 atom stereocenters. The lowest BCUT2D eigenvalue weighted by Crippen LogP contribution is -2.47. The predicted molar refractivity (Wildman–Crippen MR) is 302 cm³/mol. The number of carbonyl (C=O) groups excluding carboxylic acids is 2. The highest BCUT2D eigenvalue weighted by Crippen LogP contribution is 2.38. The van der Waals surface area contributed by atoms with Crippen LogP contribution in [0.2, 0.25) is 0 Å². The Hall–Kier alpha value is -3.33. The fraction of sp³-hybridized carbons (Fsp3) is 0.672. The van der Waals surface area contributed by atoms with Crippen molar-refractivity contribution >= 4 is 19.7 Å². The average molecular weight is 1010 g/mol. The summed E-state index contributed by atoms with van der Waals surface area (Å²) >= 11 is 0. The zero-order chi connectivity index (χ0) is 52.2. The molecule has 3 unspecified atom stereocenters. The van der Waals surface area contributed by atoms with Crippen molar-refractivity contribution in [1.29, 1.82) is 0 Å². The molecule has 9 nitrogen and oxygen atoms in total. The van der Waals surface area contributed by atoms with Crippen LogP contribution in [0.5, 0.6) is 0 Å². The molecule has 0 aromatic carbocycles. The van der Waals surface area contributed by atoms with Gasteiger partial charge in [0.05, 0.1) is 33.8 Å². The summed E-state index contributed by atoms with van der Waals surface area (Å²) < 4.78 is 30.1. The van der Waals surface area contributed by atoms with Gasteiger partial charge in [-0.25, -0.2) is 0 Å². The number of amides is 1. The number of hydrogen-bond donors (Lipinski definition) is 1. The first-order valence-corrected chi connectivity index (χ1v) is 29.7. The minimum absolute atomic E-state index is 0.0428. The van der Waals surface area contributed by atoms with Crippen molar-refractivity contribution in [2.75, 3.05) is 40.9 Å². The molecule has 0 saturated heterocycles. The smallest absolute Gasteiger partial charge is 0.306 e. The number of phosphoric ester groups is 1. The van der Waals surface area contributed by atoms with Gasteiger partial charge in [0.25, 0.3) is 7.82 Å². The standard InChI is InChI=1S/C61H105N2O7P/c1-7-10-13-16-19-22-25-28-30-32-34-36-39-42-45-48-51-54-61(65)70-59(52-49-46-43-40-37-27-24-21-18-15-12-9-3)58(57-69-71(66,67)68-56-55-63(4,5)6)62-60(64)53-50-47-44-41-38-35-33-31-29-26-23-20-17-14-11-8-2/h11,14,19-20,22-23,28-31,34-36,38,42,45,49,52,58-59H,7-10,12-13,15-18,21,24-27,32-33,37,39-41,43-44,46-48,50-51,53-57H2,1-6H3,(H-,62,64,66,67)/b14-11+,22-19-,23-20+,30-28-,31-29+,36-34-,38-35+,45-42-,52-49+. The van der Waals surface area contributed by atoms with E-state index >= 15 is 0 Å². The molecular weight excluding hydrogens is 904 g/mol. The molecule has 0 aliphatic heterocycles. The minimum atomic E-state index is -4.72. The van der Waals surface area contributed by atoms with Gasteiger partial charge >= 0.3 is 5.97 Å². The quantitative estimate of drug-likeness (QED) is 0.0212. The van der Waals surface area contributed by atoms with E-state index in [0.29, 0.717) is 23.9 Å². The van der Waals surface area contributed by atoms with Crippen molar-refractivity contribution in [1.82, 2.24) is 5.32 Å². The summed E-state index contributed by atoms with van der Waals surface area (Å²) in [5.41, 5.74) is 0. The van der Waals surface area contributed by atoms with Crippen LogP contribution in [0.15, 0.2) is 109 Å². The maximum atomic E-state index is 13.5. The van der Waals surface area contributed by atoms with E-state index < -0.39 is 32.5 Å². The molecule has 10 heteroatoms. The van der Waals surface area contributed by atoms with E-state index in [-0.39, 0.29) is 25.4 Å². The number of likely N-dealkylation sites (N-methyl/N-ethyl adjacent to an activating group) is 1. The predicted octanol–water partition coefficient (Wildman–Crippen LogP) is 16.4.